The van der Waals surface area contributed by atoms with Crippen LogP contribution in [0, 0.1) is 0 Å². The average molecular weight is 337 g/mol. The van der Waals surface area contributed by atoms with Gasteiger partial charge in [-0.2, -0.15) is 11.3 Å². The Morgan fingerprint density at radius 3 is 2.63 bits per heavy atom. The van der Waals surface area contributed by atoms with Gasteiger partial charge in [0.25, 0.3) is 0 Å². The van der Waals surface area contributed by atoms with Gasteiger partial charge >= 0.3 is 0 Å². The van der Waals surface area contributed by atoms with Crippen molar-refractivity contribution >= 4 is 33.0 Å². The number of nitrogens with zero attached hydrogens (tertiary/aromatic N) is 1. The van der Waals surface area contributed by atoms with E-state index >= 15 is 0 Å². The van der Waals surface area contributed by atoms with Crippen molar-refractivity contribution in [3.63, 3.8) is 0 Å². The van der Waals surface area contributed by atoms with E-state index in [4.69, 9.17) is 5.73 Å². The Kier molecular flexibility index (Phi) is 3.91. The lowest BCUT2D eigenvalue weighted by Gasteiger charge is -2.22. The molecule has 0 amide bonds. The number of halogens is 1. The van der Waals surface area contributed by atoms with E-state index in [0.717, 1.165) is 29.3 Å². The largest absolute Gasteiger partial charge is 0.398 e. The van der Waals surface area contributed by atoms with Crippen LogP contribution in [0.3, 0.4) is 0 Å². The van der Waals surface area contributed by atoms with Gasteiger partial charge in [0.1, 0.15) is 0 Å². The van der Waals surface area contributed by atoms with E-state index in [1.165, 1.54) is 24.0 Å². The van der Waals surface area contributed by atoms with Crippen molar-refractivity contribution in [2.75, 3.05) is 5.73 Å². The van der Waals surface area contributed by atoms with Gasteiger partial charge in [-0.3, -0.25) is 4.90 Å². The molecule has 1 aliphatic carbocycles. The van der Waals surface area contributed by atoms with Gasteiger partial charge in [-0.05, 0) is 68.9 Å². The summed E-state index contributed by atoms with van der Waals surface area (Å²) in [5.41, 5.74) is 9.50. The van der Waals surface area contributed by atoms with Crippen LogP contribution in [0.4, 0.5) is 5.69 Å². The molecule has 3 rings (SSSR count). The summed E-state index contributed by atoms with van der Waals surface area (Å²) in [6.45, 7) is 2.03. The predicted molar refractivity (Wildman–Crippen MR) is 85.1 cm³/mol. The molecule has 0 saturated heterocycles. The second-order valence-corrected chi connectivity index (χ2v) is 6.76. The van der Waals surface area contributed by atoms with Crippen molar-refractivity contribution in [2.45, 2.75) is 32.0 Å². The summed E-state index contributed by atoms with van der Waals surface area (Å²) in [4.78, 5) is 2.56. The highest BCUT2D eigenvalue weighted by atomic mass is 79.9. The van der Waals surface area contributed by atoms with Gasteiger partial charge in [0.2, 0.25) is 0 Å². The second kappa shape index (κ2) is 5.65. The zero-order valence-electron chi connectivity index (χ0n) is 10.7. The van der Waals surface area contributed by atoms with E-state index in [1.54, 1.807) is 11.3 Å². The first kappa shape index (κ1) is 13.2. The Balaban J connectivity index is 1.72. The minimum Gasteiger partial charge on any atom is -0.398 e. The summed E-state index contributed by atoms with van der Waals surface area (Å²) in [5.74, 6) is 0. The Bertz CT molecular complexity index is 549. The lowest BCUT2D eigenvalue weighted by molar-refractivity contribution is 0.246. The molecule has 100 valence electrons. The normalized spacial score (nSPS) is 15.1. The van der Waals surface area contributed by atoms with Crippen LogP contribution >= 0.6 is 27.3 Å². The molecule has 2 nitrogen and oxygen atoms in total. The highest BCUT2D eigenvalue weighted by Crippen LogP contribution is 2.31. The molecule has 2 N–H and O–H groups in total. The van der Waals surface area contributed by atoms with Crippen LogP contribution in [0.15, 0.2) is 39.5 Å². The van der Waals surface area contributed by atoms with E-state index in [-0.39, 0.29) is 0 Å². The van der Waals surface area contributed by atoms with Crippen LogP contribution < -0.4 is 5.73 Å². The number of anilines is 1. The van der Waals surface area contributed by atoms with Crippen molar-refractivity contribution in [2.24, 2.45) is 0 Å². The number of hydrogen-bond donors (Lipinski definition) is 1. The van der Waals surface area contributed by atoms with Crippen molar-refractivity contribution in [1.29, 1.82) is 0 Å². The van der Waals surface area contributed by atoms with Crippen LogP contribution in [0.1, 0.15) is 24.0 Å². The predicted octanol–water partition coefficient (Wildman–Crippen LogP) is 4.26. The Labute approximate surface area is 126 Å². The van der Waals surface area contributed by atoms with Gasteiger partial charge in [-0.15, -0.1) is 0 Å². The maximum Gasteiger partial charge on any atom is 0.0461 e. The molecule has 2 aromatic rings. The minimum absolute atomic E-state index is 0.754. The summed E-state index contributed by atoms with van der Waals surface area (Å²) < 4.78 is 0.979. The zero-order valence-corrected chi connectivity index (χ0v) is 13.1. The zero-order chi connectivity index (χ0) is 13.2. The van der Waals surface area contributed by atoms with E-state index in [2.05, 4.69) is 49.8 Å². The number of hydrogen-bond acceptors (Lipinski definition) is 3. The van der Waals surface area contributed by atoms with Crippen molar-refractivity contribution in [3.8, 4) is 0 Å². The van der Waals surface area contributed by atoms with E-state index < -0.39 is 0 Å². The van der Waals surface area contributed by atoms with E-state index in [1.807, 2.05) is 6.07 Å². The molecule has 0 radical (unpaired) electrons. The molecule has 19 heavy (non-hydrogen) atoms. The molecule has 1 fully saturated rings. The van der Waals surface area contributed by atoms with Gasteiger partial charge < -0.3 is 5.73 Å². The second-order valence-electron chi connectivity index (χ2n) is 5.12. The highest BCUT2D eigenvalue weighted by molar-refractivity contribution is 9.10. The quantitative estimate of drug-likeness (QED) is 0.826. The van der Waals surface area contributed by atoms with Gasteiger partial charge in [0.15, 0.2) is 0 Å². The van der Waals surface area contributed by atoms with Crippen LogP contribution in [0.2, 0.25) is 0 Å². The summed E-state index contributed by atoms with van der Waals surface area (Å²) in [6.07, 6.45) is 2.66. The standard InChI is InChI=1S/C15H17BrN2S/c16-14-4-1-11(7-15(14)17)8-18(13-2-3-13)9-12-5-6-19-10-12/h1,4-7,10,13H,2-3,8-9,17H2. The highest BCUT2D eigenvalue weighted by Gasteiger charge is 2.29. The third-order valence-corrected chi connectivity index (χ3v) is 4.93. The Morgan fingerprint density at radius 1 is 1.21 bits per heavy atom. The molecule has 1 heterocycles. The van der Waals surface area contributed by atoms with Gasteiger partial charge in [-0.25, -0.2) is 0 Å². The topological polar surface area (TPSA) is 29.3 Å². The van der Waals surface area contributed by atoms with Gasteiger partial charge in [0, 0.05) is 29.3 Å². The van der Waals surface area contributed by atoms with Gasteiger partial charge in [-0.1, -0.05) is 6.07 Å². The Morgan fingerprint density at radius 2 is 2.00 bits per heavy atom. The summed E-state index contributed by atoms with van der Waals surface area (Å²) in [7, 11) is 0. The number of thiophene rings is 1. The molecular formula is C15H17BrN2S. The first-order chi connectivity index (χ1) is 9.22. The molecule has 1 aromatic carbocycles. The van der Waals surface area contributed by atoms with Crippen LogP contribution in [-0.2, 0) is 13.1 Å². The molecule has 0 atom stereocenters. The van der Waals surface area contributed by atoms with Crippen LogP contribution in [0.25, 0.3) is 0 Å². The van der Waals surface area contributed by atoms with E-state index in [0.29, 0.717) is 0 Å². The molecule has 0 aliphatic heterocycles. The lowest BCUT2D eigenvalue weighted by atomic mass is 10.1. The first-order valence-corrected chi connectivity index (χ1v) is 8.25. The first-order valence-electron chi connectivity index (χ1n) is 6.51. The number of nitrogen functional groups attached to an aromatic ring is 1. The number of rotatable bonds is 5. The molecule has 1 aromatic heterocycles. The SMILES string of the molecule is Nc1cc(CN(Cc2ccsc2)C2CC2)ccc1Br. The fourth-order valence-electron chi connectivity index (χ4n) is 2.30. The summed E-state index contributed by atoms with van der Waals surface area (Å²) in [5, 5.41) is 4.39. The summed E-state index contributed by atoms with van der Waals surface area (Å²) in [6, 6.07) is 9.25. The molecule has 0 bridgehead atoms. The third-order valence-electron chi connectivity index (χ3n) is 3.48. The number of nitrogens with two attached hydrogens (primary N) is 1. The molecule has 0 unspecified atom stereocenters. The molecule has 1 saturated carbocycles. The van der Waals surface area contributed by atoms with E-state index in [9.17, 15) is 0 Å². The fourth-order valence-corrected chi connectivity index (χ4v) is 3.20. The van der Waals surface area contributed by atoms with Crippen LogP contribution in [0.5, 0.6) is 0 Å². The van der Waals surface area contributed by atoms with Crippen molar-refractivity contribution < 1.29 is 0 Å². The molecular weight excluding hydrogens is 320 g/mol. The maximum absolute atomic E-state index is 5.96. The molecule has 1 aliphatic rings. The fraction of sp³-hybridized carbons (Fsp3) is 0.333. The number of benzene rings is 1. The van der Waals surface area contributed by atoms with Crippen molar-refractivity contribution in [1.82, 2.24) is 4.90 Å². The lowest BCUT2D eigenvalue weighted by Crippen LogP contribution is -2.24. The molecule has 4 heteroatoms. The maximum atomic E-state index is 5.96. The van der Waals surface area contributed by atoms with Crippen LogP contribution in [-0.4, -0.2) is 10.9 Å². The van der Waals surface area contributed by atoms with Crippen molar-refractivity contribution in [3.05, 3.63) is 50.6 Å². The smallest absolute Gasteiger partial charge is 0.0461 e. The van der Waals surface area contributed by atoms with Gasteiger partial charge in [0.05, 0.1) is 0 Å². The average Bonchev–Trinajstić information content (AvgIpc) is 3.12. The third kappa shape index (κ3) is 3.38. The summed E-state index contributed by atoms with van der Waals surface area (Å²) >= 11 is 5.22. The monoisotopic (exact) mass is 336 g/mol. The molecule has 0 spiro atoms. The Hall–Kier alpha value is -0.840. The minimum atomic E-state index is 0.754.